The maximum absolute atomic E-state index is 12.8. The quantitative estimate of drug-likeness (QED) is 0.738. The molecule has 2 N–H and O–H groups in total. The fourth-order valence-electron chi connectivity index (χ4n) is 4.17. The Morgan fingerprint density at radius 3 is 2.43 bits per heavy atom. The van der Waals surface area contributed by atoms with Gasteiger partial charge in [0, 0.05) is 36.7 Å². The minimum absolute atomic E-state index is 0.0141. The molecule has 7 heteroatoms. The number of pyridine rings is 1. The smallest absolute Gasteiger partial charge is 0.233 e. The predicted molar refractivity (Wildman–Crippen MR) is 115 cm³/mol. The van der Waals surface area contributed by atoms with Crippen LogP contribution in [0.25, 0.3) is 0 Å². The molecule has 7 nitrogen and oxygen atoms in total. The lowest BCUT2D eigenvalue weighted by Crippen LogP contribution is -2.40. The number of imide groups is 1. The van der Waals surface area contributed by atoms with Gasteiger partial charge in [-0.25, -0.2) is 4.98 Å². The standard InChI is InChI=1S/C23H26N4O3/c28-21-8-4-9-22(29)27(21)19-6-3-5-18(15-19)26-23(30)16-10-12-17(13-11-16)25-20-7-1-2-14-24-20/h1-3,5-7,14-17H,4,8-13H2,(H,24,25)(H,26,30). The van der Waals surface area contributed by atoms with Crippen LogP contribution in [-0.2, 0) is 14.4 Å². The Bertz CT molecular complexity index is 907. The third kappa shape index (κ3) is 4.67. The summed E-state index contributed by atoms with van der Waals surface area (Å²) in [7, 11) is 0. The molecule has 1 aliphatic heterocycles. The van der Waals surface area contributed by atoms with Crippen LogP contribution < -0.4 is 15.5 Å². The van der Waals surface area contributed by atoms with Crippen molar-refractivity contribution in [2.45, 2.75) is 51.0 Å². The number of anilines is 3. The van der Waals surface area contributed by atoms with Gasteiger partial charge in [0.15, 0.2) is 0 Å². The fraction of sp³-hybridized carbons (Fsp3) is 0.391. The summed E-state index contributed by atoms with van der Waals surface area (Å²) in [5, 5.41) is 6.39. The average Bonchev–Trinajstić information content (AvgIpc) is 2.75. The molecule has 2 heterocycles. The lowest BCUT2D eigenvalue weighted by Gasteiger charge is -2.29. The first-order valence-corrected chi connectivity index (χ1v) is 10.5. The maximum Gasteiger partial charge on any atom is 0.233 e. The van der Waals surface area contributed by atoms with E-state index in [0.717, 1.165) is 31.5 Å². The second-order valence-corrected chi connectivity index (χ2v) is 7.92. The number of carbonyl (C=O) groups excluding carboxylic acids is 3. The maximum atomic E-state index is 12.8. The number of nitrogens with zero attached hydrogens (tertiary/aromatic N) is 2. The minimum atomic E-state index is -0.187. The first kappa shape index (κ1) is 20.1. The predicted octanol–water partition coefficient (Wildman–Crippen LogP) is 3.73. The monoisotopic (exact) mass is 406 g/mol. The van der Waals surface area contributed by atoms with Crippen molar-refractivity contribution >= 4 is 34.9 Å². The highest BCUT2D eigenvalue weighted by atomic mass is 16.2. The molecule has 1 saturated carbocycles. The largest absolute Gasteiger partial charge is 0.367 e. The van der Waals surface area contributed by atoms with Crippen LogP contribution in [0.1, 0.15) is 44.9 Å². The van der Waals surface area contributed by atoms with Crippen molar-refractivity contribution in [3.63, 3.8) is 0 Å². The summed E-state index contributed by atoms with van der Waals surface area (Å²) in [5.41, 5.74) is 1.13. The Morgan fingerprint density at radius 2 is 1.73 bits per heavy atom. The highest BCUT2D eigenvalue weighted by Crippen LogP contribution is 2.29. The normalized spacial score (nSPS) is 21.9. The Kier molecular flexibility index (Phi) is 6.07. The summed E-state index contributed by atoms with van der Waals surface area (Å²) < 4.78 is 0. The zero-order valence-electron chi connectivity index (χ0n) is 16.8. The third-order valence-corrected chi connectivity index (χ3v) is 5.77. The molecule has 4 rings (SSSR count). The molecule has 0 atom stereocenters. The van der Waals surface area contributed by atoms with E-state index in [0.29, 0.717) is 36.7 Å². The number of benzene rings is 1. The van der Waals surface area contributed by atoms with E-state index in [-0.39, 0.29) is 23.6 Å². The molecule has 3 amide bonds. The molecular formula is C23H26N4O3. The van der Waals surface area contributed by atoms with Gasteiger partial charge in [-0.15, -0.1) is 0 Å². The van der Waals surface area contributed by atoms with E-state index < -0.39 is 0 Å². The van der Waals surface area contributed by atoms with Crippen LogP contribution >= 0.6 is 0 Å². The molecule has 2 fully saturated rings. The third-order valence-electron chi connectivity index (χ3n) is 5.77. The van der Waals surface area contributed by atoms with Crippen molar-refractivity contribution in [2.24, 2.45) is 5.92 Å². The SMILES string of the molecule is O=C(Nc1cccc(N2C(=O)CCCC2=O)c1)C1CCC(Nc2ccccn2)CC1. The van der Waals surface area contributed by atoms with E-state index >= 15 is 0 Å². The lowest BCUT2D eigenvalue weighted by molar-refractivity contribution is -0.129. The number of amides is 3. The van der Waals surface area contributed by atoms with Crippen molar-refractivity contribution in [3.8, 4) is 0 Å². The van der Waals surface area contributed by atoms with Gasteiger partial charge in [0.25, 0.3) is 0 Å². The summed E-state index contributed by atoms with van der Waals surface area (Å²) >= 11 is 0. The van der Waals surface area contributed by atoms with Crippen LogP contribution in [0.15, 0.2) is 48.7 Å². The summed E-state index contributed by atoms with van der Waals surface area (Å²) in [6, 6.07) is 13.1. The van der Waals surface area contributed by atoms with Gasteiger partial charge in [-0.05, 0) is 62.4 Å². The minimum Gasteiger partial charge on any atom is -0.367 e. The van der Waals surface area contributed by atoms with Gasteiger partial charge in [-0.1, -0.05) is 12.1 Å². The number of hydrogen-bond donors (Lipinski definition) is 2. The number of hydrogen-bond acceptors (Lipinski definition) is 5. The lowest BCUT2D eigenvalue weighted by atomic mass is 9.85. The number of nitrogens with one attached hydrogen (secondary N) is 2. The van der Waals surface area contributed by atoms with E-state index in [2.05, 4.69) is 15.6 Å². The first-order chi connectivity index (χ1) is 14.6. The van der Waals surface area contributed by atoms with Crippen LogP contribution in [0.2, 0.25) is 0 Å². The van der Waals surface area contributed by atoms with Gasteiger partial charge in [-0.2, -0.15) is 0 Å². The van der Waals surface area contributed by atoms with Gasteiger partial charge in [0.2, 0.25) is 17.7 Å². The van der Waals surface area contributed by atoms with Crippen LogP contribution in [0.3, 0.4) is 0 Å². The second-order valence-electron chi connectivity index (χ2n) is 7.92. The van der Waals surface area contributed by atoms with E-state index in [4.69, 9.17) is 0 Å². The van der Waals surface area contributed by atoms with Crippen LogP contribution in [0.5, 0.6) is 0 Å². The van der Waals surface area contributed by atoms with E-state index in [9.17, 15) is 14.4 Å². The topological polar surface area (TPSA) is 91.4 Å². The van der Waals surface area contributed by atoms with E-state index in [1.807, 2.05) is 18.2 Å². The van der Waals surface area contributed by atoms with Gasteiger partial charge in [-0.3, -0.25) is 19.3 Å². The zero-order valence-corrected chi connectivity index (χ0v) is 16.8. The number of carbonyl (C=O) groups is 3. The van der Waals surface area contributed by atoms with Crippen molar-refractivity contribution < 1.29 is 14.4 Å². The molecule has 0 bridgehead atoms. The van der Waals surface area contributed by atoms with Gasteiger partial charge in [0.1, 0.15) is 5.82 Å². The molecule has 1 aromatic heterocycles. The Labute approximate surface area is 175 Å². The first-order valence-electron chi connectivity index (χ1n) is 10.5. The molecule has 1 aliphatic carbocycles. The van der Waals surface area contributed by atoms with Gasteiger partial charge < -0.3 is 10.6 Å². The van der Waals surface area contributed by atoms with E-state index in [1.165, 1.54) is 4.90 Å². The summed E-state index contributed by atoms with van der Waals surface area (Å²) in [4.78, 5) is 42.6. The van der Waals surface area contributed by atoms with Crippen molar-refractivity contribution in [2.75, 3.05) is 15.5 Å². The average molecular weight is 406 g/mol. The second kappa shape index (κ2) is 9.07. The van der Waals surface area contributed by atoms with Gasteiger partial charge in [0.05, 0.1) is 5.69 Å². The zero-order chi connectivity index (χ0) is 20.9. The van der Waals surface area contributed by atoms with Crippen LogP contribution in [-0.4, -0.2) is 28.7 Å². The summed E-state index contributed by atoms with van der Waals surface area (Å²) in [6.45, 7) is 0. The molecule has 0 spiro atoms. The molecule has 156 valence electrons. The fourth-order valence-corrected chi connectivity index (χ4v) is 4.17. The summed E-state index contributed by atoms with van der Waals surface area (Å²) in [5.74, 6) is 0.430. The molecule has 2 aliphatic rings. The molecule has 2 aromatic rings. The summed E-state index contributed by atoms with van der Waals surface area (Å²) in [6.07, 6.45) is 6.54. The Hall–Kier alpha value is -3.22. The Morgan fingerprint density at radius 1 is 0.967 bits per heavy atom. The van der Waals surface area contributed by atoms with Crippen molar-refractivity contribution in [3.05, 3.63) is 48.7 Å². The number of aromatic nitrogens is 1. The van der Waals surface area contributed by atoms with Crippen LogP contribution in [0.4, 0.5) is 17.2 Å². The molecule has 0 radical (unpaired) electrons. The van der Waals surface area contributed by atoms with Gasteiger partial charge >= 0.3 is 0 Å². The highest BCUT2D eigenvalue weighted by Gasteiger charge is 2.29. The van der Waals surface area contributed by atoms with Crippen molar-refractivity contribution in [1.29, 1.82) is 0 Å². The Balaban J connectivity index is 1.33. The molecule has 0 unspecified atom stereocenters. The molecule has 30 heavy (non-hydrogen) atoms. The molecule has 1 saturated heterocycles. The highest BCUT2D eigenvalue weighted by molar-refractivity contribution is 6.16. The van der Waals surface area contributed by atoms with Crippen molar-refractivity contribution in [1.82, 2.24) is 4.98 Å². The van der Waals surface area contributed by atoms with E-state index in [1.54, 1.807) is 30.5 Å². The molecule has 1 aromatic carbocycles. The number of piperidine rings is 1. The molecular weight excluding hydrogens is 380 g/mol. The van der Waals surface area contributed by atoms with Crippen LogP contribution in [0, 0.1) is 5.92 Å². The number of rotatable bonds is 5.